The molecule has 0 saturated carbocycles. The van der Waals surface area contributed by atoms with E-state index in [1.54, 1.807) is 0 Å². The number of amides is 1. The van der Waals surface area contributed by atoms with Gasteiger partial charge < -0.3 is 14.8 Å². The monoisotopic (exact) mass is 353 g/mol. The van der Waals surface area contributed by atoms with Crippen molar-refractivity contribution in [2.45, 2.75) is 45.4 Å². The number of nitrogens with one attached hydrogen (secondary N) is 1. The van der Waals surface area contributed by atoms with E-state index in [-0.39, 0.29) is 18.1 Å². The van der Waals surface area contributed by atoms with Crippen LogP contribution in [0.15, 0.2) is 42.5 Å². The van der Waals surface area contributed by atoms with Crippen LogP contribution >= 0.6 is 0 Å². The Morgan fingerprint density at radius 3 is 2.38 bits per heavy atom. The van der Waals surface area contributed by atoms with E-state index in [1.807, 2.05) is 18.2 Å². The number of fused-ring (bicyclic) bond motifs is 1. The Hall–Kier alpha value is -2.49. The van der Waals surface area contributed by atoms with Crippen LogP contribution in [0.2, 0.25) is 0 Å². The molecule has 1 aliphatic heterocycles. The Balaban J connectivity index is 1.40. The van der Waals surface area contributed by atoms with Gasteiger partial charge in [0.25, 0.3) is 0 Å². The maximum atomic E-state index is 12.1. The molecule has 0 spiro atoms. The highest BCUT2D eigenvalue weighted by atomic mass is 16.7. The fraction of sp³-hybridized carbons (Fsp3) is 0.409. The van der Waals surface area contributed by atoms with E-state index >= 15 is 0 Å². The van der Waals surface area contributed by atoms with Crippen molar-refractivity contribution in [1.29, 1.82) is 0 Å². The van der Waals surface area contributed by atoms with Gasteiger partial charge in [0.2, 0.25) is 12.7 Å². The molecule has 3 rings (SSSR count). The number of aryl methyl sites for hydroxylation is 1. The fourth-order valence-corrected chi connectivity index (χ4v) is 2.96. The molecule has 26 heavy (non-hydrogen) atoms. The third-order valence-corrected chi connectivity index (χ3v) is 4.63. The number of carbonyl (C=O) groups excluding carboxylic acids is 1. The molecule has 1 heterocycles. The molecule has 0 aliphatic carbocycles. The van der Waals surface area contributed by atoms with Crippen molar-refractivity contribution in [3.05, 3.63) is 59.2 Å². The van der Waals surface area contributed by atoms with Gasteiger partial charge in [0.1, 0.15) is 0 Å². The molecule has 0 unspecified atom stereocenters. The highest BCUT2D eigenvalue weighted by Crippen LogP contribution is 2.32. The number of benzene rings is 2. The number of rotatable bonds is 6. The lowest BCUT2D eigenvalue weighted by molar-refractivity contribution is -0.121. The second-order valence-corrected chi connectivity index (χ2v) is 7.73. The highest BCUT2D eigenvalue weighted by Gasteiger charge is 2.14. The first-order valence-corrected chi connectivity index (χ1v) is 9.16. The van der Waals surface area contributed by atoms with Crippen LogP contribution in [0.4, 0.5) is 0 Å². The van der Waals surface area contributed by atoms with Crippen molar-refractivity contribution >= 4 is 5.91 Å². The summed E-state index contributed by atoms with van der Waals surface area (Å²) in [6, 6.07) is 14.5. The van der Waals surface area contributed by atoms with Gasteiger partial charge in [0.05, 0.1) is 0 Å². The molecule has 4 heteroatoms. The summed E-state index contributed by atoms with van der Waals surface area (Å²) < 4.78 is 10.7. The molecule has 0 radical (unpaired) electrons. The van der Waals surface area contributed by atoms with Gasteiger partial charge in [0.15, 0.2) is 11.5 Å². The lowest BCUT2D eigenvalue weighted by atomic mass is 9.86. The van der Waals surface area contributed by atoms with Gasteiger partial charge in [-0.2, -0.15) is 0 Å². The summed E-state index contributed by atoms with van der Waals surface area (Å²) >= 11 is 0. The van der Waals surface area contributed by atoms with Gasteiger partial charge in [-0.25, -0.2) is 0 Å². The zero-order chi connectivity index (χ0) is 18.6. The molecule has 0 aromatic heterocycles. The quantitative estimate of drug-likeness (QED) is 0.854. The van der Waals surface area contributed by atoms with Crippen molar-refractivity contribution in [2.75, 3.05) is 13.3 Å². The molecule has 0 fully saturated rings. The van der Waals surface area contributed by atoms with E-state index < -0.39 is 0 Å². The lowest BCUT2D eigenvalue weighted by Gasteiger charge is -2.19. The van der Waals surface area contributed by atoms with Crippen molar-refractivity contribution in [1.82, 2.24) is 5.32 Å². The first kappa shape index (κ1) is 18.3. The first-order valence-electron chi connectivity index (χ1n) is 9.16. The Bertz CT molecular complexity index is 760. The molecule has 1 N–H and O–H groups in total. The summed E-state index contributed by atoms with van der Waals surface area (Å²) in [4.78, 5) is 12.1. The van der Waals surface area contributed by atoms with Gasteiger partial charge in [-0.05, 0) is 47.1 Å². The minimum Gasteiger partial charge on any atom is -0.454 e. The van der Waals surface area contributed by atoms with Crippen LogP contribution in [0.25, 0.3) is 0 Å². The minimum atomic E-state index is 0.0886. The lowest BCUT2D eigenvalue weighted by Crippen LogP contribution is -2.25. The maximum Gasteiger partial charge on any atom is 0.231 e. The van der Waals surface area contributed by atoms with E-state index in [9.17, 15) is 4.79 Å². The van der Waals surface area contributed by atoms with E-state index in [4.69, 9.17) is 9.47 Å². The molecule has 0 saturated heterocycles. The van der Waals surface area contributed by atoms with E-state index in [2.05, 4.69) is 50.4 Å². The Kier molecular flexibility index (Phi) is 5.50. The third-order valence-electron chi connectivity index (χ3n) is 4.63. The minimum absolute atomic E-state index is 0.0886. The van der Waals surface area contributed by atoms with Crippen molar-refractivity contribution < 1.29 is 14.3 Å². The number of hydrogen-bond donors (Lipinski definition) is 1. The average Bonchev–Trinajstić information content (AvgIpc) is 3.07. The molecule has 1 amide bonds. The summed E-state index contributed by atoms with van der Waals surface area (Å²) in [5, 5.41) is 2.99. The summed E-state index contributed by atoms with van der Waals surface area (Å²) in [7, 11) is 0. The number of hydrogen-bond acceptors (Lipinski definition) is 3. The largest absolute Gasteiger partial charge is 0.454 e. The van der Waals surface area contributed by atoms with E-state index in [1.165, 1.54) is 11.1 Å². The van der Waals surface area contributed by atoms with Crippen molar-refractivity contribution in [3.8, 4) is 11.5 Å². The smallest absolute Gasteiger partial charge is 0.231 e. The Morgan fingerprint density at radius 2 is 1.65 bits per heavy atom. The predicted molar refractivity (Wildman–Crippen MR) is 103 cm³/mol. The molecule has 4 nitrogen and oxygen atoms in total. The van der Waals surface area contributed by atoms with Crippen molar-refractivity contribution in [2.24, 2.45) is 0 Å². The molecule has 0 bridgehead atoms. The van der Waals surface area contributed by atoms with Crippen molar-refractivity contribution in [3.63, 3.8) is 0 Å². The van der Waals surface area contributed by atoms with E-state index in [0.717, 1.165) is 29.9 Å². The topological polar surface area (TPSA) is 47.6 Å². The summed E-state index contributed by atoms with van der Waals surface area (Å²) in [6.45, 7) is 7.52. The van der Waals surface area contributed by atoms with Gasteiger partial charge in [-0.1, -0.05) is 51.1 Å². The fourth-order valence-electron chi connectivity index (χ4n) is 2.96. The molecule has 2 aromatic carbocycles. The SMILES string of the molecule is CC(C)(C)c1ccc(CCC(=O)NCCc2ccc3c(c2)OCO3)cc1. The Labute approximate surface area is 155 Å². The maximum absolute atomic E-state index is 12.1. The van der Waals surface area contributed by atoms with Gasteiger partial charge >= 0.3 is 0 Å². The van der Waals surface area contributed by atoms with Crippen LogP contribution in [0.1, 0.15) is 43.9 Å². The summed E-state index contributed by atoms with van der Waals surface area (Å²) in [6.07, 6.45) is 2.05. The van der Waals surface area contributed by atoms with Crippen LogP contribution in [-0.4, -0.2) is 19.2 Å². The number of ether oxygens (including phenoxy) is 2. The van der Waals surface area contributed by atoms with E-state index in [0.29, 0.717) is 13.0 Å². The van der Waals surface area contributed by atoms with Gasteiger partial charge in [-0.3, -0.25) is 4.79 Å². The first-order chi connectivity index (χ1) is 12.4. The molecule has 1 aliphatic rings. The van der Waals surface area contributed by atoms with Crippen LogP contribution in [0.5, 0.6) is 11.5 Å². The normalized spacial score (nSPS) is 12.9. The summed E-state index contributed by atoms with van der Waals surface area (Å²) in [5.41, 5.74) is 3.80. The number of carbonyl (C=O) groups is 1. The van der Waals surface area contributed by atoms with Gasteiger partial charge in [-0.15, -0.1) is 0 Å². The zero-order valence-electron chi connectivity index (χ0n) is 15.8. The molecule has 0 atom stereocenters. The average molecular weight is 353 g/mol. The predicted octanol–water partition coefficient (Wildman–Crippen LogP) is 4.00. The highest BCUT2D eigenvalue weighted by molar-refractivity contribution is 5.76. The standard InChI is InChI=1S/C22H27NO3/c1-22(2,3)18-8-4-16(5-9-18)7-11-21(24)23-13-12-17-6-10-19-20(14-17)26-15-25-19/h4-6,8-10,14H,7,11-13,15H2,1-3H3,(H,23,24). The third kappa shape index (κ3) is 4.78. The van der Waals surface area contributed by atoms with Crippen LogP contribution in [0.3, 0.4) is 0 Å². The zero-order valence-corrected chi connectivity index (χ0v) is 15.8. The van der Waals surface area contributed by atoms with Crippen LogP contribution in [0, 0.1) is 0 Å². The van der Waals surface area contributed by atoms with Crippen LogP contribution < -0.4 is 14.8 Å². The second kappa shape index (κ2) is 7.81. The molecule has 2 aromatic rings. The van der Waals surface area contributed by atoms with Gasteiger partial charge in [0, 0.05) is 13.0 Å². The van der Waals surface area contributed by atoms with Crippen LogP contribution in [-0.2, 0) is 23.1 Å². The second-order valence-electron chi connectivity index (χ2n) is 7.73. The molecule has 138 valence electrons. The molecular formula is C22H27NO3. The Morgan fingerprint density at radius 1 is 0.962 bits per heavy atom. The molecular weight excluding hydrogens is 326 g/mol. The summed E-state index contributed by atoms with van der Waals surface area (Å²) in [5.74, 6) is 1.66.